The monoisotopic (exact) mass is 289 g/mol. The minimum absolute atomic E-state index is 0.293. The number of hydrogen-bond donors (Lipinski definition) is 0. The summed E-state index contributed by atoms with van der Waals surface area (Å²) in [5.74, 6) is 1.73. The molecule has 0 saturated carbocycles. The predicted octanol–water partition coefficient (Wildman–Crippen LogP) is 3.05. The number of carbonyl (C=O) groups excluding carboxylic acids is 1. The quantitative estimate of drug-likeness (QED) is 0.617. The summed E-state index contributed by atoms with van der Waals surface area (Å²) in [4.78, 5) is 16.1. The maximum atomic E-state index is 11.8. The van der Waals surface area contributed by atoms with Crippen molar-refractivity contribution in [3.63, 3.8) is 0 Å². The van der Waals surface area contributed by atoms with E-state index in [1.807, 2.05) is 13.8 Å². The normalized spacial score (nSPS) is 16.1. The average Bonchev–Trinajstić information content (AvgIpc) is 2.77. The van der Waals surface area contributed by atoms with Gasteiger partial charge in [0.15, 0.2) is 11.6 Å². The number of cyclic esters (lactones) is 1. The maximum absolute atomic E-state index is 11.8. The fourth-order valence-electron chi connectivity index (χ4n) is 1.96. The van der Waals surface area contributed by atoms with Crippen LogP contribution < -0.4 is 9.47 Å². The second kappa shape index (κ2) is 6.43. The highest BCUT2D eigenvalue weighted by atomic mass is 16.6. The third-order valence-corrected chi connectivity index (χ3v) is 2.92. The number of hydrogen-bond acceptors (Lipinski definition) is 5. The van der Waals surface area contributed by atoms with Gasteiger partial charge in [0, 0.05) is 12.5 Å². The second-order valence-electron chi connectivity index (χ2n) is 5.17. The highest BCUT2D eigenvalue weighted by Gasteiger charge is 2.23. The molecule has 0 saturated heterocycles. The van der Waals surface area contributed by atoms with Gasteiger partial charge in [-0.3, -0.25) is 0 Å². The summed E-state index contributed by atoms with van der Waals surface area (Å²) in [7, 11) is 3.16. The van der Waals surface area contributed by atoms with Crippen molar-refractivity contribution in [2.75, 3.05) is 14.2 Å². The van der Waals surface area contributed by atoms with Crippen molar-refractivity contribution in [1.82, 2.24) is 0 Å². The first-order valence-corrected chi connectivity index (χ1v) is 6.76. The molecule has 1 heterocycles. The summed E-state index contributed by atoms with van der Waals surface area (Å²) < 4.78 is 15.6. The van der Waals surface area contributed by atoms with E-state index in [0.717, 1.165) is 5.56 Å². The van der Waals surface area contributed by atoms with Crippen molar-refractivity contribution in [2.45, 2.75) is 20.3 Å². The van der Waals surface area contributed by atoms with Gasteiger partial charge in [-0.25, -0.2) is 9.79 Å². The average molecular weight is 289 g/mol. The molecule has 0 aliphatic carbocycles. The molecule has 2 rings (SSSR count). The van der Waals surface area contributed by atoms with Gasteiger partial charge in [0.2, 0.25) is 0 Å². The molecule has 0 amide bonds. The van der Waals surface area contributed by atoms with Crippen LogP contribution in [0.3, 0.4) is 0 Å². The number of aliphatic imine (C=N–C) groups is 1. The summed E-state index contributed by atoms with van der Waals surface area (Å²) in [5.41, 5.74) is 1.06. The molecule has 1 aromatic rings. The van der Waals surface area contributed by atoms with Gasteiger partial charge in [-0.15, -0.1) is 0 Å². The summed E-state index contributed by atoms with van der Waals surface area (Å²) >= 11 is 0. The van der Waals surface area contributed by atoms with E-state index in [0.29, 0.717) is 35.4 Å². The van der Waals surface area contributed by atoms with Crippen LogP contribution in [0, 0.1) is 5.92 Å². The summed E-state index contributed by atoms with van der Waals surface area (Å²) in [6.07, 6.45) is 2.31. The first kappa shape index (κ1) is 15.1. The lowest BCUT2D eigenvalue weighted by Gasteiger charge is -2.05. The Bertz CT molecular complexity index is 580. The molecule has 1 aliphatic rings. The maximum Gasteiger partial charge on any atom is 0.363 e. The van der Waals surface area contributed by atoms with Crippen LogP contribution in [0.25, 0.3) is 6.08 Å². The third kappa shape index (κ3) is 3.84. The Labute approximate surface area is 124 Å². The van der Waals surface area contributed by atoms with Crippen molar-refractivity contribution >= 4 is 17.9 Å². The molecule has 0 aromatic heterocycles. The molecule has 0 atom stereocenters. The van der Waals surface area contributed by atoms with Crippen LogP contribution in [0.4, 0.5) is 0 Å². The molecule has 0 radical (unpaired) electrons. The van der Waals surface area contributed by atoms with E-state index in [-0.39, 0.29) is 0 Å². The van der Waals surface area contributed by atoms with E-state index in [1.54, 1.807) is 38.5 Å². The van der Waals surface area contributed by atoms with Gasteiger partial charge in [0.05, 0.1) is 14.2 Å². The molecular formula is C16H19NO4. The van der Waals surface area contributed by atoms with E-state index >= 15 is 0 Å². The Hall–Kier alpha value is -2.30. The fraction of sp³-hybridized carbons (Fsp3) is 0.375. The van der Waals surface area contributed by atoms with Crippen molar-refractivity contribution in [1.29, 1.82) is 0 Å². The molecule has 5 heteroatoms. The topological polar surface area (TPSA) is 57.1 Å². The van der Waals surface area contributed by atoms with Crippen LogP contribution in [0.2, 0.25) is 0 Å². The second-order valence-corrected chi connectivity index (χ2v) is 5.17. The highest BCUT2D eigenvalue weighted by molar-refractivity contribution is 6.07. The lowest BCUT2D eigenvalue weighted by molar-refractivity contribution is -0.130. The molecule has 0 unspecified atom stereocenters. The number of carbonyl (C=O) groups is 1. The van der Waals surface area contributed by atoms with Crippen molar-refractivity contribution < 1.29 is 19.0 Å². The first-order valence-electron chi connectivity index (χ1n) is 6.76. The fourth-order valence-corrected chi connectivity index (χ4v) is 1.96. The molecule has 21 heavy (non-hydrogen) atoms. The van der Waals surface area contributed by atoms with Gasteiger partial charge in [0.25, 0.3) is 0 Å². The smallest absolute Gasteiger partial charge is 0.363 e. The largest absolute Gasteiger partial charge is 0.497 e. The summed E-state index contributed by atoms with van der Waals surface area (Å²) in [5, 5.41) is 0. The van der Waals surface area contributed by atoms with Crippen LogP contribution in [-0.4, -0.2) is 26.1 Å². The van der Waals surface area contributed by atoms with Gasteiger partial charge in [0.1, 0.15) is 11.5 Å². The lowest BCUT2D eigenvalue weighted by Crippen LogP contribution is -2.06. The Balaban J connectivity index is 2.30. The highest BCUT2D eigenvalue weighted by Crippen LogP contribution is 2.25. The molecule has 0 N–H and O–H groups in total. The van der Waals surface area contributed by atoms with Gasteiger partial charge in [-0.2, -0.15) is 0 Å². The molecule has 0 fully saturated rings. The van der Waals surface area contributed by atoms with E-state index in [4.69, 9.17) is 14.2 Å². The molecule has 1 aliphatic heterocycles. The Morgan fingerprint density at radius 2 is 1.81 bits per heavy atom. The van der Waals surface area contributed by atoms with E-state index in [9.17, 15) is 4.79 Å². The number of nitrogens with zero attached hydrogens (tertiary/aromatic N) is 1. The van der Waals surface area contributed by atoms with E-state index in [1.165, 1.54) is 0 Å². The zero-order valence-electron chi connectivity index (χ0n) is 12.7. The number of ether oxygens (including phenoxy) is 3. The minimum atomic E-state index is -0.424. The van der Waals surface area contributed by atoms with Crippen LogP contribution in [0.1, 0.15) is 25.8 Å². The summed E-state index contributed by atoms with van der Waals surface area (Å²) in [6.45, 7) is 4.09. The van der Waals surface area contributed by atoms with Crippen molar-refractivity contribution in [2.24, 2.45) is 10.9 Å². The zero-order valence-corrected chi connectivity index (χ0v) is 12.7. The standard InChI is InChI=1S/C16H19NO4/c1-10(2)5-15-17-14(16(18)21-15)8-11-6-12(19-3)9-13(7-11)20-4/h6-10H,5H2,1-4H3/b14-8+. The van der Waals surface area contributed by atoms with E-state index in [2.05, 4.69) is 4.99 Å². The van der Waals surface area contributed by atoms with Crippen LogP contribution in [-0.2, 0) is 9.53 Å². The molecular weight excluding hydrogens is 270 g/mol. The zero-order chi connectivity index (χ0) is 15.4. The predicted molar refractivity (Wildman–Crippen MR) is 80.5 cm³/mol. The molecule has 0 spiro atoms. The SMILES string of the molecule is COc1cc(/C=C2/N=C(CC(C)C)OC2=O)cc(OC)c1. The van der Waals surface area contributed by atoms with Crippen molar-refractivity contribution in [3.05, 3.63) is 29.5 Å². The summed E-state index contributed by atoms with van der Waals surface area (Å²) in [6, 6.07) is 5.37. The van der Waals surface area contributed by atoms with E-state index < -0.39 is 5.97 Å². The molecule has 0 bridgehead atoms. The minimum Gasteiger partial charge on any atom is -0.497 e. The Kier molecular flexibility index (Phi) is 4.62. The number of benzene rings is 1. The van der Waals surface area contributed by atoms with Gasteiger partial charge >= 0.3 is 5.97 Å². The molecule has 1 aromatic carbocycles. The van der Waals surface area contributed by atoms with Gasteiger partial charge in [-0.05, 0) is 29.7 Å². The van der Waals surface area contributed by atoms with Crippen LogP contribution in [0.5, 0.6) is 11.5 Å². The van der Waals surface area contributed by atoms with Crippen molar-refractivity contribution in [3.8, 4) is 11.5 Å². The Morgan fingerprint density at radius 1 is 1.19 bits per heavy atom. The van der Waals surface area contributed by atoms with Gasteiger partial charge in [-0.1, -0.05) is 13.8 Å². The molecule has 112 valence electrons. The third-order valence-electron chi connectivity index (χ3n) is 2.92. The number of esters is 1. The number of rotatable bonds is 5. The Morgan fingerprint density at radius 3 is 2.33 bits per heavy atom. The lowest BCUT2D eigenvalue weighted by atomic mass is 10.1. The number of methoxy groups -OCH3 is 2. The van der Waals surface area contributed by atoms with Crippen LogP contribution >= 0.6 is 0 Å². The molecule has 5 nitrogen and oxygen atoms in total. The van der Waals surface area contributed by atoms with Crippen LogP contribution in [0.15, 0.2) is 28.9 Å². The first-order chi connectivity index (χ1) is 10.0. The van der Waals surface area contributed by atoms with Gasteiger partial charge < -0.3 is 14.2 Å².